The molecule has 1 aliphatic rings. The third kappa shape index (κ3) is 3.96. The van der Waals surface area contributed by atoms with Crippen molar-refractivity contribution in [2.75, 3.05) is 19.6 Å². The van der Waals surface area contributed by atoms with Gasteiger partial charge in [-0.05, 0) is 24.7 Å². The summed E-state index contributed by atoms with van der Waals surface area (Å²) in [4.78, 5) is 2.73. The van der Waals surface area contributed by atoms with Gasteiger partial charge in [-0.15, -0.1) is 0 Å². The van der Waals surface area contributed by atoms with E-state index in [4.69, 9.17) is 0 Å². The van der Waals surface area contributed by atoms with Gasteiger partial charge in [-0.3, -0.25) is 4.90 Å². The van der Waals surface area contributed by atoms with E-state index in [1.807, 2.05) is 0 Å². The van der Waals surface area contributed by atoms with Crippen LogP contribution >= 0.6 is 0 Å². The maximum absolute atomic E-state index is 3.81. The van der Waals surface area contributed by atoms with Crippen molar-refractivity contribution in [1.29, 1.82) is 0 Å². The lowest BCUT2D eigenvalue weighted by molar-refractivity contribution is 0.0447. The van der Waals surface area contributed by atoms with Crippen LogP contribution in [0.3, 0.4) is 0 Å². The van der Waals surface area contributed by atoms with E-state index in [9.17, 15) is 0 Å². The van der Waals surface area contributed by atoms with Crippen LogP contribution in [0.25, 0.3) is 0 Å². The zero-order valence-electron chi connectivity index (χ0n) is 12.8. The summed E-state index contributed by atoms with van der Waals surface area (Å²) in [6, 6.07) is 0.723. The van der Waals surface area contributed by atoms with E-state index in [2.05, 4.69) is 51.8 Å². The first-order valence-electron chi connectivity index (χ1n) is 7.35. The number of hydrogen-bond acceptors (Lipinski definition) is 2. The number of nitrogens with zero attached hydrogens (tertiary/aromatic N) is 1. The molecular formula is C15H32N2. The zero-order chi connectivity index (χ0) is 13.1. The average molecular weight is 240 g/mol. The smallest absolute Gasteiger partial charge is 0.0304 e. The Hall–Kier alpha value is -0.0800. The summed E-state index contributed by atoms with van der Waals surface area (Å²) < 4.78 is 0. The number of piperazine rings is 1. The highest BCUT2D eigenvalue weighted by molar-refractivity contribution is 4.97. The summed E-state index contributed by atoms with van der Waals surface area (Å²) in [5, 5.41) is 3.81. The predicted octanol–water partition coefficient (Wildman–Crippen LogP) is 3.28. The highest BCUT2D eigenvalue weighted by Gasteiger charge is 2.37. The molecule has 0 amide bonds. The molecule has 1 fully saturated rings. The molecule has 1 unspecified atom stereocenters. The van der Waals surface area contributed by atoms with Gasteiger partial charge in [-0.1, -0.05) is 41.5 Å². The Labute approximate surface area is 108 Å². The monoisotopic (exact) mass is 240 g/mol. The molecule has 1 aliphatic heterocycles. The van der Waals surface area contributed by atoms with Crippen LogP contribution in [-0.4, -0.2) is 36.1 Å². The highest BCUT2D eigenvalue weighted by Crippen LogP contribution is 2.27. The first-order valence-corrected chi connectivity index (χ1v) is 7.35. The Morgan fingerprint density at radius 3 is 2.18 bits per heavy atom. The molecule has 0 aromatic carbocycles. The first kappa shape index (κ1) is 15.0. The Morgan fingerprint density at radius 2 is 1.76 bits per heavy atom. The Balaban J connectivity index is 2.74. The van der Waals surface area contributed by atoms with Crippen molar-refractivity contribution in [2.24, 2.45) is 5.41 Å². The molecule has 0 saturated carbocycles. The van der Waals surface area contributed by atoms with Crippen LogP contribution in [0.2, 0.25) is 0 Å². The Morgan fingerprint density at radius 1 is 1.18 bits per heavy atom. The summed E-state index contributed by atoms with van der Waals surface area (Å²) in [7, 11) is 0. The molecule has 2 heteroatoms. The second-order valence-corrected chi connectivity index (χ2v) is 6.90. The average Bonchev–Trinajstić information content (AvgIpc) is 2.27. The van der Waals surface area contributed by atoms with Gasteiger partial charge in [-0.2, -0.15) is 0 Å². The molecule has 0 aromatic rings. The molecule has 17 heavy (non-hydrogen) atoms. The van der Waals surface area contributed by atoms with Crippen molar-refractivity contribution in [2.45, 2.75) is 72.4 Å². The van der Waals surface area contributed by atoms with Gasteiger partial charge < -0.3 is 5.32 Å². The van der Waals surface area contributed by atoms with Gasteiger partial charge in [0, 0.05) is 31.2 Å². The van der Waals surface area contributed by atoms with Gasteiger partial charge in [0.1, 0.15) is 0 Å². The summed E-state index contributed by atoms with van der Waals surface area (Å²) >= 11 is 0. The van der Waals surface area contributed by atoms with Crippen LogP contribution in [0.4, 0.5) is 0 Å². The van der Waals surface area contributed by atoms with E-state index < -0.39 is 0 Å². The van der Waals surface area contributed by atoms with Crippen molar-refractivity contribution in [3.63, 3.8) is 0 Å². The lowest BCUT2D eigenvalue weighted by atomic mass is 9.86. The van der Waals surface area contributed by atoms with Crippen molar-refractivity contribution in [3.8, 4) is 0 Å². The second-order valence-electron chi connectivity index (χ2n) is 6.90. The topological polar surface area (TPSA) is 15.3 Å². The van der Waals surface area contributed by atoms with Crippen molar-refractivity contribution in [1.82, 2.24) is 10.2 Å². The maximum atomic E-state index is 3.81. The lowest BCUT2D eigenvalue weighted by Gasteiger charge is -2.49. The third-order valence-electron chi connectivity index (χ3n) is 4.24. The van der Waals surface area contributed by atoms with E-state index in [1.165, 1.54) is 32.4 Å². The summed E-state index contributed by atoms with van der Waals surface area (Å²) in [6.45, 7) is 17.6. The quantitative estimate of drug-likeness (QED) is 0.811. The van der Waals surface area contributed by atoms with Crippen LogP contribution < -0.4 is 5.32 Å². The molecule has 0 aromatic heterocycles. The molecule has 0 spiro atoms. The van der Waals surface area contributed by atoms with Crippen molar-refractivity contribution >= 4 is 0 Å². The molecule has 0 bridgehead atoms. The van der Waals surface area contributed by atoms with Crippen molar-refractivity contribution in [3.05, 3.63) is 0 Å². The van der Waals surface area contributed by atoms with Crippen LogP contribution in [0.15, 0.2) is 0 Å². The Bertz CT molecular complexity index is 226. The minimum atomic E-state index is 0.358. The molecule has 1 rings (SSSR count). The Kier molecular flexibility index (Phi) is 5.03. The number of rotatable bonds is 4. The molecule has 1 heterocycles. The van der Waals surface area contributed by atoms with E-state index in [1.54, 1.807) is 0 Å². The number of hydrogen-bond donors (Lipinski definition) is 1. The predicted molar refractivity (Wildman–Crippen MR) is 76.4 cm³/mol. The SMILES string of the molecule is CCC1CNC(CC)(CC)CN1CC(C)(C)C. The number of nitrogens with one attached hydrogen (secondary N) is 1. The molecule has 1 saturated heterocycles. The minimum Gasteiger partial charge on any atom is -0.308 e. The zero-order valence-corrected chi connectivity index (χ0v) is 12.8. The summed E-state index contributed by atoms with van der Waals surface area (Å²) in [6.07, 6.45) is 3.73. The molecule has 102 valence electrons. The van der Waals surface area contributed by atoms with Crippen LogP contribution in [0, 0.1) is 5.41 Å². The largest absolute Gasteiger partial charge is 0.308 e. The van der Waals surface area contributed by atoms with Gasteiger partial charge >= 0.3 is 0 Å². The second kappa shape index (κ2) is 5.71. The molecule has 0 radical (unpaired) electrons. The third-order valence-corrected chi connectivity index (χ3v) is 4.24. The molecule has 1 N–H and O–H groups in total. The molecule has 0 aliphatic carbocycles. The van der Waals surface area contributed by atoms with E-state index in [-0.39, 0.29) is 0 Å². The van der Waals surface area contributed by atoms with Gasteiger partial charge in [-0.25, -0.2) is 0 Å². The first-order chi connectivity index (χ1) is 7.86. The molecular weight excluding hydrogens is 208 g/mol. The molecule has 2 nitrogen and oxygen atoms in total. The van der Waals surface area contributed by atoms with Gasteiger partial charge in [0.05, 0.1) is 0 Å². The van der Waals surface area contributed by atoms with Crippen LogP contribution in [0.5, 0.6) is 0 Å². The fourth-order valence-electron chi connectivity index (χ4n) is 2.96. The van der Waals surface area contributed by atoms with E-state index in [0.717, 1.165) is 12.6 Å². The fourth-order valence-corrected chi connectivity index (χ4v) is 2.96. The minimum absolute atomic E-state index is 0.358. The highest BCUT2D eigenvalue weighted by atomic mass is 15.3. The van der Waals surface area contributed by atoms with Gasteiger partial charge in [0.15, 0.2) is 0 Å². The van der Waals surface area contributed by atoms with Crippen LogP contribution in [0.1, 0.15) is 60.8 Å². The summed E-state index contributed by atoms with van der Waals surface area (Å²) in [5.74, 6) is 0. The fraction of sp³-hybridized carbons (Fsp3) is 1.00. The van der Waals surface area contributed by atoms with Crippen molar-refractivity contribution < 1.29 is 0 Å². The van der Waals surface area contributed by atoms with E-state index in [0.29, 0.717) is 11.0 Å². The van der Waals surface area contributed by atoms with E-state index >= 15 is 0 Å². The summed E-state index contributed by atoms with van der Waals surface area (Å²) in [5.41, 5.74) is 0.759. The van der Waals surface area contributed by atoms with Gasteiger partial charge in [0.25, 0.3) is 0 Å². The standard InChI is InChI=1S/C15H32N2/c1-7-13-10-16-15(8-2,9-3)12-17(13)11-14(4,5)6/h13,16H,7-12H2,1-6H3. The lowest BCUT2D eigenvalue weighted by Crippen LogP contribution is -2.64. The normalized spacial score (nSPS) is 26.1. The molecule has 1 atom stereocenters. The van der Waals surface area contributed by atoms with Crippen LogP contribution in [-0.2, 0) is 0 Å². The van der Waals surface area contributed by atoms with Gasteiger partial charge in [0.2, 0.25) is 0 Å². The maximum Gasteiger partial charge on any atom is 0.0304 e.